The lowest BCUT2D eigenvalue weighted by Gasteiger charge is -2.09. The highest BCUT2D eigenvalue weighted by molar-refractivity contribution is 6.34. The molecule has 2 rings (SSSR count). The van der Waals surface area contributed by atoms with Crippen LogP contribution in [0.3, 0.4) is 0 Å². The molecule has 0 N–H and O–H groups in total. The fraction of sp³-hybridized carbons (Fsp3) is 0.250. The van der Waals surface area contributed by atoms with E-state index in [1.807, 2.05) is 24.3 Å². The standard InChI is InChI=1S/C20H21Cl2NO/c1-23(2)11-3-4-15-5-8-17(9-6-15)20(24)10-7-16-12-18(21)14-19(22)13-16/h5-10,12-14H,3-4,11H2,1-2H3/b10-7+. The lowest BCUT2D eigenvalue weighted by atomic mass is 10.0. The lowest BCUT2D eigenvalue weighted by molar-refractivity contribution is 0.104. The highest BCUT2D eigenvalue weighted by Gasteiger charge is 2.03. The summed E-state index contributed by atoms with van der Waals surface area (Å²) >= 11 is 11.9. The van der Waals surface area contributed by atoms with Crippen molar-refractivity contribution in [1.29, 1.82) is 0 Å². The van der Waals surface area contributed by atoms with Gasteiger partial charge in [-0.05, 0) is 68.9 Å². The van der Waals surface area contributed by atoms with Crippen molar-refractivity contribution in [3.63, 3.8) is 0 Å². The first kappa shape index (κ1) is 18.7. The monoisotopic (exact) mass is 361 g/mol. The maximum atomic E-state index is 12.2. The van der Waals surface area contributed by atoms with Crippen molar-refractivity contribution in [3.8, 4) is 0 Å². The molecule has 0 aliphatic heterocycles. The Morgan fingerprint density at radius 2 is 1.67 bits per heavy atom. The van der Waals surface area contributed by atoms with Crippen LogP contribution in [0.4, 0.5) is 0 Å². The first-order chi connectivity index (χ1) is 11.4. The summed E-state index contributed by atoms with van der Waals surface area (Å²) in [6.45, 7) is 1.06. The van der Waals surface area contributed by atoms with Crippen LogP contribution >= 0.6 is 23.2 Å². The van der Waals surface area contributed by atoms with Gasteiger partial charge in [-0.3, -0.25) is 4.79 Å². The second-order valence-electron chi connectivity index (χ2n) is 6.00. The molecular weight excluding hydrogens is 341 g/mol. The maximum Gasteiger partial charge on any atom is 0.185 e. The molecule has 2 aromatic carbocycles. The second-order valence-corrected chi connectivity index (χ2v) is 6.88. The van der Waals surface area contributed by atoms with Crippen molar-refractivity contribution < 1.29 is 4.79 Å². The Labute approximate surface area is 153 Å². The third-order valence-corrected chi connectivity index (χ3v) is 4.06. The molecule has 0 fully saturated rings. The fourth-order valence-electron chi connectivity index (χ4n) is 2.37. The summed E-state index contributed by atoms with van der Waals surface area (Å²) in [7, 11) is 4.14. The van der Waals surface area contributed by atoms with Gasteiger partial charge in [-0.2, -0.15) is 0 Å². The molecule has 0 amide bonds. The van der Waals surface area contributed by atoms with Gasteiger partial charge in [0.15, 0.2) is 5.78 Å². The van der Waals surface area contributed by atoms with Crippen molar-refractivity contribution in [2.45, 2.75) is 12.8 Å². The molecule has 0 aliphatic carbocycles. The Hall–Kier alpha value is -1.61. The van der Waals surface area contributed by atoms with E-state index in [0.717, 1.165) is 24.9 Å². The molecule has 0 spiro atoms. The van der Waals surface area contributed by atoms with E-state index in [1.54, 1.807) is 30.4 Å². The highest BCUT2D eigenvalue weighted by atomic mass is 35.5. The number of hydrogen-bond acceptors (Lipinski definition) is 2. The summed E-state index contributed by atoms with van der Waals surface area (Å²) in [6, 6.07) is 13.0. The Morgan fingerprint density at radius 1 is 1.04 bits per heavy atom. The van der Waals surface area contributed by atoms with Crippen LogP contribution in [0.2, 0.25) is 10.0 Å². The fourth-order valence-corrected chi connectivity index (χ4v) is 2.92. The van der Waals surface area contributed by atoms with Crippen molar-refractivity contribution >= 4 is 35.1 Å². The van der Waals surface area contributed by atoms with Gasteiger partial charge in [0, 0.05) is 15.6 Å². The summed E-state index contributed by atoms with van der Waals surface area (Å²) in [5.74, 6) is -0.0362. The molecule has 126 valence electrons. The summed E-state index contributed by atoms with van der Waals surface area (Å²) < 4.78 is 0. The molecule has 0 unspecified atom stereocenters. The quantitative estimate of drug-likeness (QED) is 0.487. The first-order valence-corrected chi connectivity index (χ1v) is 8.62. The molecule has 0 saturated carbocycles. The number of benzene rings is 2. The van der Waals surface area contributed by atoms with Crippen LogP contribution in [0.1, 0.15) is 27.9 Å². The number of halogens is 2. The smallest absolute Gasteiger partial charge is 0.185 e. The average molecular weight is 362 g/mol. The van der Waals surface area contributed by atoms with Gasteiger partial charge in [-0.25, -0.2) is 0 Å². The summed E-state index contributed by atoms with van der Waals surface area (Å²) in [5, 5.41) is 1.10. The van der Waals surface area contributed by atoms with E-state index in [4.69, 9.17) is 23.2 Å². The third-order valence-electron chi connectivity index (χ3n) is 3.62. The molecule has 24 heavy (non-hydrogen) atoms. The Bertz CT molecular complexity index is 701. The normalized spacial score (nSPS) is 11.4. The largest absolute Gasteiger partial charge is 0.309 e. The molecule has 2 aromatic rings. The summed E-state index contributed by atoms with van der Waals surface area (Å²) in [4.78, 5) is 14.4. The van der Waals surface area contributed by atoms with E-state index >= 15 is 0 Å². The topological polar surface area (TPSA) is 20.3 Å². The maximum absolute atomic E-state index is 12.2. The number of nitrogens with zero attached hydrogens (tertiary/aromatic N) is 1. The second kappa shape index (κ2) is 9.03. The van der Waals surface area contributed by atoms with Gasteiger partial charge >= 0.3 is 0 Å². The van der Waals surface area contributed by atoms with Crippen LogP contribution < -0.4 is 0 Å². The molecule has 2 nitrogen and oxygen atoms in total. The van der Waals surface area contributed by atoms with E-state index in [-0.39, 0.29) is 5.78 Å². The zero-order valence-corrected chi connectivity index (χ0v) is 15.4. The van der Waals surface area contributed by atoms with E-state index in [2.05, 4.69) is 19.0 Å². The van der Waals surface area contributed by atoms with Crippen LogP contribution in [-0.2, 0) is 6.42 Å². The zero-order chi connectivity index (χ0) is 17.5. The van der Waals surface area contributed by atoms with Crippen molar-refractivity contribution in [3.05, 3.63) is 75.3 Å². The molecule has 0 atom stereocenters. The molecule has 0 heterocycles. The highest BCUT2D eigenvalue weighted by Crippen LogP contribution is 2.20. The van der Waals surface area contributed by atoms with Gasteiger partial charge in [0.1, 0.15) is 0 Å². The molecule has 0 aliphatic rings. The minimum atomic E-state index is -0.0362. The van der Waals surface area contributed by atoms with E-state index in [9.17, 15) is 4.79 Å². The molecule has 4 heteroatoms. The first-order valence-electron chi connectivity index (χ1n) is 7.86. The van der Waals surface area contributed by atoms with Gasteiger partial charge in [0.2, 0.25) is 0 Å². The number of carbonyl (C=O) groups excluding carboxylic acids is 1. The van der Waals surface area contributed by atoms with E-state index < -0.39 is 0 Å². The van der Waals surface area contributed by atoms with Gasteiger partial charge < -0.3 is 4.90 Å². The van der Waals surface area contributed by atoms with Crippen LogP contribution in [0.15, 0.2) is 48.5 Å². The predicted molar refractivity (Wildman–Crippen MR) is 103 cm³/mol. The van der Waals surface area contributed by atoms with Crippen LogP contribution in [0, 0.1) is 0 Å². The molecule has 0 saturated heterocycles. The van der Waals surface area contributed by atoms with Crippen molar-refractivity contribution in [2.24, 2.45) is 0 Å². The predicted octanol–water partition coefficient (Wildman–Crippen LogP) is 5.38. The summed E-state index contributed by atoms with van der Waals surface area (Å²) in [5.41, 5.74) is 2.73. The van der Waals surface area contributed by atoms with Crippen LogP contribution in [-0.4, -0.2) is 31.3 Å². The molecule has 0 bridgehead atoms. The van der Waals surface area contributed by atoms with Crippen molar-refractivity contribution in [2.75, 3.05) is 20.6 Å². The van der Waals surface area contributed by atoms with Crippen LogP contribution in [0.25, 0.3) is 6.08 Å². The van der Waals surface area contributed by atoms with Gasteiger partial charge in [0.05, 0.1) is 0 Å². The van der Waals surface area contributed by atoms with Crippen LogP contribution in [0.5, 0.6) is 0 Å². The number of carbonyl (C=O) groups is 1. The number of allylic oxidation sites excluding steroid dienone is 1. The number of rotatable bonds is 7. The SMILES string of the molecule is CN(C)CCCc1ccc(C(=O)/C=C/c2cc(Cl)cc(Cl)c2)cc1. The van der Waals surface area contributed by atoms with Crippen molar-refractivity contribution in [1.82, 2.24) is 4.90 Å². The van der Waals surface area contributed by atoms with Gasteiger partial charge in [-0.15, -0.1) is 0 Å². The lowest BCUT2D eigenvalue weighted by Crippen LogP contribution is -2.13. The van der Waals surface area contributed by atoms with E-state index in [1.165, 1.54) is 5.56 Å². The minimum absolute atomic E-state index is 0.0362. The van der Waals surface area contributed by atoms with Gasteiger partial charge in [-0.1, -0.05) is 53.5 Å². The van der Waals surface area contributed by atoms with E-state index in [0.29, 0.717) is 15.6 Å². The molecule has 0 aromatic heterocycles. The number of ketones is 1. The average Bonchev–Trinajstić information content (AvgIpc) is 2.52. The Morgan fingerprint density at radius 3 is 2.25 bits per heavy atom. The number of aryl methyl sites for hydroxylation is 1. The third kappa shape index (κ3) is 6.12. The minimum Gasteiger partial charge on any atom is -0.309 e. The zero-order valence-electron chi connectivity index (χ0n) is 13.9. The Kier molecular flexibility index (Phi) is 7.04. The molecule has 0 radical (unpaired) electrons. The summed E-state index contributed by atoms with van der Waals surface area (Å²) in [6.07, 6.45) is 5.40. The Balaban J connectivity index is 1.98. The number of hydrogen-bond donors (Lipinski definition) is 0. The van der Waals surface area contributed by atoms with Gasteiger partial charge in [0.25, 0.3) is 0 Å². The molecular formula is C20H21Cl2NO.